The molecule has 1 saturated heterocycles. The number of likely N-dealkylation sites (N-methyl/N-ethyl adjacent to an activating group) is 1. The van der Waals surface area contributed by atoms with E-state index in [2.05, 4.69) is 42.1 Å². The maximum atomic E-state index is 11.4. The Morgan fingerprint density at radius 3 is 2.91 bits per heavy atom. The molecule has 0 spiro atoms. The predicted octanol–water partition coefficient (Wildman–Crippen LogP) is 0.247. The first-order chi connectivity index (χ1) is 11.2. The molecule has 8 nitrogen and oxygen atoms in total. The molecule has 3 heterocycles. The molecule has 0 bridgehead atoms. The normalized spacial score (nSPS) is 16.6. The van der Waals surface area contributed by atoms with Gasteiger partial charge < -0.3 is 15.2 Å². The Balaban J connectivity index is 1.56. The number of aromatic amines is 1. The average molecular weight is 317 g/mol. The molecule has 0 atom stereocenters. The molecule has 0 unspecified atom stereocenters. The van der Waals surface area contributed by atoms with Gasteiger partial charge in [-0.05, 0) is 31.8 Å². The quantitative estimate of drug-likeness (QED) is 0.821. The highest BCUT2D eigenvalue weighted by Gasteiger charge is 2.22. The summed E-state index contributed by atoms with van der Waals surface area (Å²) in [7, 11) is 3.74. The van der Waals surface area contributed by atoms with Gasteiger partial charge in [-0.2, -0.15) is 0 Å². The third-order valence-electron chi connectivity index (χ3n) is 4.45. The van der Waals surface area contributed by atoms with Crippen LogP contribution in [0.5, 0.6) is 0 Å². The number of nitrogens with one attached hydrogen (secondary N) is 2. The van der Waals surface area contributed by atoms with E-state index >= 15 is 0 Å². The van der Waals surface area contributed by atoms with Crippen molar-refractivity contribution in [2.45, 2.75) is 12.8 Å². The Labute approximate surface area is 135 Å². The number of H-pyrrole nitrogens is 1. The first kappa shape index (κ1) is 15.7. The Morgan fingerprint density at radius 1 is 1.39 bits per heavy atom. The summed E-state index contributed by atoms with van der Waals surface area (Å²) in [5, 5.41) is 2.68. The fourth-order valence-corrected chi connectivity index (χ4v) is 3.12. The number of carbonyl (C=O) groups excluding carboxylic acids is 1. The van der Waals surface area contributed by atoms with Crippen molar-refractivity contribution >= 4 is 22.9 Å². The zero-order valence-corrected chi connectivity index (χ0v) is 13.6. The summed E-state index contributed by atoms with van der Waals surface area (Å²) in [5.74, 6) is 1.58. The fourth-order valence-electron chi connectivity index (χ4n) is 3.12. The minimum absolute atomic E-state index is 0.0863. The number of anilines is 1. The van der Waals surface area contributed by atoms with E-state index in [4.69, 9.17) is 0 Å². The number of likely N-dealkylation sites (tertiary alicyclic amines) is 1. The number of carbonyl (C=O) groups is 1. The van der Waals surface area contributed by atoms with Crippen LogP contribution in [-0.4, -0.2) is 71.0 Å². The minimum atomic E-state index is 0.0863. The Bertz CT molecular complexity index is 663. The molecule has 8 heteroatoms. The van der Waals surface area contributed by atoms with Crippen molar-refractivity contribution in [2.75, 3.05) is 45.2 Å². The molecule has 2 aromatic heterocycles. The topological polar surface area (TPSA) is 90.0 Å². The SMILES string of the molecule is CNC(=O)CN1CCC(CN(C)c2ncnc3nc[nH]c23)CC1. The van der Waals surface area contributed by atoms with E-state index in [1.807, 2.05) is 0 Å². The standard InChI is InChI=1S/C15H23N7O/c1-16-12(23)8-22-5-3-11(4-6-22)7-21(2)15-13-14(18-9-17-13)19-10-20-15/h9-11H,3-8H2,1-2H3,(H,16,23)(H,17,18,19,20). The molecule has 124 valence electrons. The summed E-state index contributed by atoms with van der Waals surface area (Å²) < 4.78 is 0. The van der Waals surface area contributed by atoms with Gasteiger partial charge in [-0.25, -0.2) is 15.0 Å². The predicted molar refractivity (Wildman–Crippen MR) is 88.2 cm³/mol. The third kappa shape index (κ3) is 3.58. The number of piperidine rings is 1. The van der Waals surface area contributed by atoms with Crippen LogP contribution in [0.25, 0.3) is 11.2 Å². The summed E-state index contributed by atoms with van der Waals surface area (Å²) in [4.78, 5) is 31.7. The summed E-state index contributed by atoms with van der Waals surface area (Å²) in [5.41, 5.74) is 1.58. The molecule has 23 heavy (non-hydrogen) atoms. The van der Waals surface area contributed by atoms with Crippen molar-refractivity contribution in [2.24, 2.45) is 5.92 Å². The third-order valence-corrected chi connectivity index (χ3v) is 4.45. The molecule has 1 fully saturated rings. The highest BCUT2D eigenvalue weighted by Crippen LogP contribution is 2.23. The molecule has 1 aliphatic rings. The van der Waals surface area contributed by atoms with E-state index in [9.17, 15) is 4.79 Å². The number of fused-ring (bicyclic) bond motifs is 1. The molecular weight excluding hydrogens is 294 g/mol. The molecule has 2 N–H and O–H groups in total. The first-order valence-corrected chi connectivity index (χ1v) is 7.95. The van der Waals surface area contributed by atoms with Crippen molar-refractivity contribution in [1.82, 2.24) is 30.2 Å². The zero-order chi connectivity index (χ0) is 16.2. The largest absolute Gasteiger partial charge is 0.358 e. The molecule has 1 aliphatic heterocycles. The van der Waals surface area contributed by atoms with Gasteiger partial charge in [0, 0.05) is 20.6 Å². The van der Waals surface area contributed by atoms with Gasteiger partial charge in [0.2, 0.25) is 5.91 Å². The number of imidazole rings is 1. The van der Waals surface area contributed by atoms with Crippen molar-refractivity contribution in [3.05, 3.63) is 12.7 Å². The van der Waals surface area contributed by atoms with Gasteiger partial charge in [-0.3, -0.25) is 9.69 Å². The zero-order valence-electron chi connectivity index (χ0n) is 13.6. The number of nitrogens with zero attached hydrogens (tertiary/aromatic N) is 5. The fraction of sp³-hybridized carbons (Fsp3) is 0.600. The first-order valence-electron chi connectivity index (χ1n) is 7.95. The number of rotatable bonds is 5. The van der Waals surface area contributed by atoms with Gasteiger partial charge in [0.25, 0.3) is 0 Å². The van der Waals surface area contributed by atoms with Crippen LogP contribution in [0.3, 0.4) is 0 Å². The molecule has 0 saturated carbocycles. The van der Waals surface area contributed by atoms with Crippen LogP contribution in [0.2, 0.25) is 0 Å². The van der Waals surface area contributed by atoms with Crippen molar-refractivity contribution in [3.63, 3.8) is 0 Å². The summed E-state index contributed by atoms with van der Waals surface area (Å²) in [6.07, 6.45) is 5.39. The molecule has 0 aromatic carbocycles. The van der Waals surface area contributed by atoms with Crippen LogP contribution in [0.1, 0.15) is 12.8 Å². The summed E-state index contributed by atoms with van der Waals surface area (Å²) in [6, 6.07) is 0. The second-order valence-electron chi connectivity index (χ2n) is 6.07. The second-order valence-corrected chi connectivity index (χ2v) is 6.07. The Kier molecular flexibility index (Phi) is 4.71. The lowest BCUT2D eigenvalue weighted by molar-refractivity contribution is -0.122. The Hall–Kier alpha value is -2.22. The van der Waals surface area contributed by atoms with Crippen molar-refractivity contribution in [3.8, 4) is 0 Å². The van der Waals surface area contributed by atoms with Gasteiger partial charge in [-0.1, -0.05) is 0 Å². The maximum Gasteiger partial charge on any atom is 0.233 e. The lowest BCUT2D eigenvalue weighted by Crippen LogP contribution is -2.42. The van der Waals surface area contributed by atoms with Gasteiger partial charge >= 0.3 is 0 Å². The van der Waals surface area contributed by atoms with Crippen LogP contribution in [0, 0.1) is 5.92 Å². The highest BCUT2D eigenvalue weighted by atomic mass is 16.1. The summed E-state index contributed by atoms with van der Waals surface area (Å²) >= 11 is 0. The lowest BCUT2D eigenvalue weighted by atomic mass is 9.96. The monoisotopic (exact) mass is 317 g/mol. The van der Waals surface area contributed by atoms with Crippen LogP contribution < -0.4 is 10.2 Å². The van der Waals surface area contributed by atoms with E-state index in [0.717, 1.165) is 43.8 Å². The number of aromatic nitrogens is 4. The molecule has 0 aliphatic carbocycles. The number of amides is 1. The molecule has 0 radical (unpaired) electrons. The van der Waals surface area contributed by atoms with Crippen molar-refractivity contribution in [1.29, 1.82) is 0 Å². The number of hydrogen-bond donors (Lipinski definition) is 2. The number of hydrogen-bond acceptors (Lipinski definition) is 6. The summed E-state index contributed by atoms with van der Waals surface area (Å²) in [6.45, 7) is 3.38. The average Bonchev–Trinajstić information content (AvgIpc) is 3.05. The molecular formula is C15H23N7O. The minimum Gasteiger partial charge on any atom is -0.358 e. The van der Waals surface area contributed by atoms with Crippen molar-refractivity contribution < 1.29 is 4.79 Å². The maximum absolute atomic E-state index is 11.4. The Morgan fingerprint density at radius 2 is 2.17 bits per heavy atom. The van der Waals surface area contributed by atoms with Crippen LogP contribution in [0.4, 0.5) is 5.82 Å². The molecule has 1 amide bonds. The van der Waals surface area contributed by atoms with E-state index in [1.54, 1.807) is 19.7 Å². The van der Waals surface area contributed by atoms with Crippen LogP contribution in [-0.2, 0) is 4.79 Å². The van der Waals surface area contributed by atoms with Gasteiger partial charge in [0.1, 0.15) is 11.8 Å². The highest BCUT2D eigenvalue weighted by molar-refractivity contribution is 5.82. The van der Waals surface area contributed by atoms with Gasteiger partial charge in [0.05, 0.1) is 12.9 Å². The van der Waals surface area contributed by atoms with E-state index < -0.39 is 0 Å². The smallest absolute Gasteiger partial charge is 0.233 e. The van der Waals surface area contributed by atoms with E-state index in [0.29, 0.717) is 18.1 Å². The van der Waals surface area contributed by atoms with E-state index in [1.165, 1.54) is 0 Å². The second kappa shape index (κ2) is 6.91. The van der Waals surface area contributed by atoms with Crippen LogP contribution >= 0.6 is 0 Å². The molecule has 2 aromatic rings. The molecule has 3 rings (SSSR count). The van der Waals surface area contributed by atoms with Gasteiger partial charge in [-0.15, -0.1) is 0 Å². The van der Waals surface area contributed by atoms with Crippen LogP contribution in [0.15, 0.2) is 12.7 Å². The van der Waals surface area contributed by atoms with Gasteiger partial charge in [0.15, 0.2) is 11.5 Å². The van der Waals surface area contributed by atoms with E-state index in [-0.39, 0.29) is 5.91 Å². The lowest BCUT2D eigenvalue weighted by Gasteiger charge is -2.33.